The first-order chi connectivity index (χ1) is 14.5. The molecule has 0 amide bonds. The third-order valence-corrected chi connectivity index (χ3v) is 5.41. The van der Waals surface area contributed by atoms with Crippen LogP contribution in [0.3, 0.4) is 0 Å². The normalized spacial score (nSPS) is 15.9. The van der Waals surface area contributed by atoms with Crippen LogP contribution >= 0.6 is 0 Å². The molecule has 1 aliphatic rings. The van der Waals surface area contributed by atoms with Crippen LogP contribution in [0.1, 0.15) is 22.8 Å². The predicted molar refractivity (Wildman–Crippen MR) is 109 cm³/mol. The van der Waals surface area contributed by atoms with E-state index in [1.807, 2.05) is 9.80 Å². The third kappa shape index (κ3) is 4.32. The molecular formula is C23H22F3N3O. The molecule has 4 nitrogen and oxygen atoms in total. The molecular weight excluding hydrogens is 391 g/mol. The fourth-order valence-corrected chi connectivity index (χ4v) is 3.82. The Morgan fingerprint density at radius 3 is 2.43 bits per heavy atom. The van der Waals surface area contributed by atoms with Crippen molar-refractivity contribution in [2.24, 2.45) is 0 Å². The standard InChI is InChI=1S/C23H22F3N3O/c24-18-7-6-17(21(26)13-18)15-28-9-11-29(12-10-28)22-19(4-1-5-20(22)25)23(30)16-3-2-8-27-14-16/h1-8,13-14,23,30H,9-12,15H2. The fraction of sp³-hybridized carbons (Fsp3) is 0.261. The van der Waals surface area contributed by atoms with Gasteiger partial charge in [-0.3, -0.25) is 9.88 Å². The molecule has 0 saturated carbocycles. The second kappa shape index (κ2) is 8.85. The maximum Gasteiger partial charge on any atom is 0.146 e. The second-order valence-corrected chi connectivity index (χ2v) is 7.37. The lowest BCUT2D eigenvalue weighted by molar-refractivity contribution is 0.217. The average Bonchev–Trinajstić information content (AvgIpc) is 2.76. The van der Waals surface area contributed by atoms with Crippen molar-refractivity contribution in [3.8, 4) is 0 Å². The monoisotopic (exact) mass is 413 g/mol. The van der Waals surface area contributed by atoms with Gasteiger partial charge in [0.1, 0.15) is 23.6 Å². The molecule has 0 radical (unpaired) electrons. The van der Waals surface area contributed by atoms with E-state index in [4.69, 9.17) is 0 Å². The van der Waals surface area contributed by atoms with Crippen molar-refractivity contribution in [1.29, 1.82) is 0 Å². The molecule has 0 aliphatic carbocycles. The summed E-state index contributed by atoms with van der Waals surface area (Å²) in [7, 11) is 0. The summed E-state index contributed by atoms with van der Waals surface area (Å²) < 4.78 is 41.8. The molecule has 3 aromatic rings. The lowest BCUT2D eigenvalue weighted by Crippen LogP contribution is -2.46. The Labute approximate surface area is 173 Å². The van der Waals surface area contributed by atoms with Gasteiger partial charge in [-0.15, -0.1) is 0 Å². The quantitative estimate of drug-likeness (QED) is 0.689. The summed E-state index contributed by atoms with van der Waals surface area (Å²) in [6.45, 7) is 2.59. The second-order valence-electron chi connectivity index (χ2n) is 7.37. The summed E-state index contributed by atoms with van der Waals surface area (Å²) in [5.41, 5.74) is 1.89. The van der Waals surface area contributed by atoms with E-state index < -0.39 is 23.6 Å². The number of aromatic nitrogens is 1. The Hall–Kier alpha value is -2.90. The third-order valence-electron chi connectivity index (χ3n) is 5.41. The van der Waals surface area contributed by atoms with Crippen LogP contribution in [0, 0.1) is 17.5 Å². The summed E-state index contributed by atoms with van der Waals surface area (Å²) in [6, 6.07) is 11.8. The smallest absolute Gasteiger partial charge is 0.146 e. The van der Waals surface area contributed by atoms with E-state index >= 15 is 0 Å². The number of anilines is 1. The summed E-state index contributed by atoms with van der Waals surface area (Å²) >= 11 is 0. The maximum atomic E-state index is 14.8. The van der Waals surface area contributed by atoms with Crippen LogP contribution in [0.2, 0.25) is 0 Å². The number of aliphatic hydroxyl groups excluding tert-OH is 1. The van der Waals surface area contributed by atoms with Gasteiger partial charge in [-0.1, -0.05) is 24.3 Å². The van der Waals surface area contributed by atoms with Gasteiger partial charge < -0.3 is 10.0 Å². The van der Waals surface area contributed by atoms with E-state index in [1.54, 1.807) is 36.7 Å². The SMILES string of the molecule is OC(c1cccnc1)c1cccc(F)c1N1CCN(Cc2ccc(F)cc2F)CC1. The van der Waals surface area contributed by atoms with Crippen molar-refractivity contribution >= 4 is 5.69 Å². The van der Waals surface area contributed by atoms with Crippen LogP contribution in [-0.2, 0) is 6.54 Å². The topological polar surface area (TPSA) is 39.6 Å². The van der Waals surface area contributed by atoms with Gasteiger partial charge in [0.15, 0.2) is 0 Å². The first-order valence-corrected chi connectivity index (χ1v) is 9.80. The molecule has 1 aromatic heterocycles. The Balaban J connectivity index is 1.49. The van der Waals surface area contributed by atoms with Crippen molar-refractivity contribution in [2.75, 3.05) is 31.1 Å². The zero-order valence-corrected chi connectivity index (χ0v) is 16.3. The summed E-state index contributed by atoms with van der Waals surface area (Å²) in [5, 5.41) is 10.8. The summed E-state index contributed by atoms with van der Waals surface area (Å²) in [5.74, 6) is -1.55. The van der Waals surface area contributed by atoms with E-state index in [-0.39, 0.29) is 0 Å². The minimum atomic E-state index is -0.990. The van der Waals surface area contributed by atoms with Gasteiger partial charge >= 0.3 is 0 Å². The highest BCUT2D eigenvalue weighted by Gasteiger charge is 2.25. The van der Waals surface area contributed by atoms with Gasteiger partial charge in [0, 0.05) is 67.9 Å². The average molecular weight is 413 g/mol. The molecule has 7 heteroatoms. The summed E-state index contributed by atoms with van der Waals surface area (Å²) in [6.07, 6.45) is 2.19. The minimum Gasteiger partial charge on any atom is -0.384 e. The number of rotatable bonds is 5. The van der Waals surface area contributed by atoms with Gasteiger partial charge in [0.2, 0.25) is 0 Å². The number of hydrogen-bond donors (Lipinski definition) is 1. The predicted octanol–water partition coefficient (Wildman–Crippen LogP) is 3.90. The largest absolute Gasteiger partial charge is 0.384 e. The van der Waals surface area contributed by atoms with Gasteiger partial charge in [-0.25, -0.2) is 13.2 Å². The van der Waals surface area contributed by atoms with Crippen LogP contribution in [-0.4, -0.2) is 41.2 Å². The molecule has 0 bridgehead atoms. The Bertz CT molecular complexity index is 1010. The molecule has 4 rings (SSSR count). The Morgan fingerprint density at radius 1 is 0.933 bits per heavy atom. The fourth-order valence-electron chi connectivity index (χ4n) is 3.82. The van der Waals surface area contributed by atoms with Crippen LogP contribution < -0.4 is 4.90 Å². The minimum absolute atomic E-state index is 0.363. The highest BCUT2D eigenvalue weighted by Crippen LogP contribution is 2.33. The molecule has 0 spiro atoms. The number of pyridine rings is 1. The number of aliphatic hydroxyl groups is 1. The Morgan fingerprint density at radius 2 is 1.73 bits per heavy atom. The lowest BCUT2D eigenvalue weighted by Gasteiger charge is -2.37. The van der Waals surface area contributed by atoms with Gasteiger partial charge in [-0.05, 0) is 18.2 Å². The van der Waals surface area contributed by atoms with Crippen molar-refractivity contribution in [1.82, 2.24) is 9.88 Å². The van der Waals surface area contributed by atoms with E-state index in [9.17, 15) is 18.3 Å². The molecule has 1 saturated heterocycles. The summed E-state index contributed by atoms with van der Waals surface area (Å²) in [4.78, 5) is 7.98. The molecule has 156 valence electrons. The van der Waals surface area contributed by atoms with Crippen LogP contribution in [0.4, 0.5) is 18.9 Å². The number of piperazine rings is 1. The first kappa shape index (κ1) is 20.4. The van der Waals surface area contributed by atoms with Crippen LogP contribution in [0.5, 0.6) is 0 Å². The molecule has 30 heavy (non-hydrogen) atoms. The lowest BCUT2D eigenvalue weighted by atomic mass is 9.99. The van der Waals surface area contributed by atoms with E-state index in [0.29, 0.717) is 55.1 Å². The number of halogens is 3. The maximum absolute atomic E-state index is 14.8. The van der Waals surface area contributed by atoms with Gasteiger partial charge in [-0.2, -0.15) is 0 Å². The highest BCUT2D eigenvalue weighted by atomic mass is 19.1. The number of hydrogen-bond acceptors (Lipinski definition) is 4. The van der Waals surface area contributed by atoms with Crippen molar-refractivity contribution in [3.63, 3.8) is 0 Å². The van der Waals surface area contributed by atoms with Crippen molar-refractivity contribution < 1.29 is 18.3 Å². The van der Waals surface area contributed by atoms with Crippen molar-refractivity contribution in [2.45, 2.75) is 12.6 Å². The molecule has 2 aromatic carbocycles. The molecule has 1 N–H and O–H groups in total. The van der Waals surface area contributed by atoms with E-state index in [1.165, 1.54) is 18.2 Å². The van der Waals surface area contributed by atoms with Crippen molar-refractivity contribution in [3.05, 3.63) is 95.1 Å². The molecule has 1 fully saturated rings. The molecule has 1 aliphatic heterocycles. The molecule has 2 heterocycles. The van der Waals surface area contributed by atoms with E-state index in [2.05, 4.69) is 4.98 Å². The number of benzene rings is 2. The Kier molecular flexibility index (Phi) is 6.01. The number of nitrogens with zero attached hydrogens (tertiary/aromatic N) is 3. The van der Waals surface area contributed by atoms with Gasteiger partial charge in [0.05, 0.1) is 5.69 Å². The molecule has 1 atom stereocenters. The first-order valence-electron chi connectivity index (χ1n) is 9.80. The van der Waals surface area contributed by atoms with E-state index in [0.717, 1.165) is 6.07 Å². The zero-order valence-electron chi connectivity index (χ0n) is 16.3. The molecule has 1 unspecified atom stereocenters. The van der Waals surface area contributed by atoms with Crippen LogP contribution in [0.15, 0.2) is 60.9 Å². The number of para-hydroxylation sites is 1. The zero-order chi connectivity index (χ0) is 21.1. The van der Waals surface area contributed by atoms with Crippen LogP contribution in [0.25, 0.3) is 0 Å². The highest BCUT2D eigenvalue weighted by molar-refractivity contribution is 5.58. The van der Waals surface area contributed by atoms with Gasteiger partial charge in [0.25, 0.3) is 0 Å².